The Morgan fingerprint density at radius 3 is 1.26 bits per heavy atom. The number of halogens is 8. The van der Waals surface area contributed by atoms with Crippen LogP contribution in [0.25, 0.3) is 0 Å². The topological polar surface area (TPSA) is 148 Å². The molecule has 0 saturated carbocycles. The van der Waals surface area contributed by atoms with Gasteiger partial charge in [0.2, 0.25) is 0 Å². The second-order valence-electron chi connectivity index (χ2n) is 9.04. The van der Waals surface area contributed by atoms with Gasteiger partial charge in [0.15, 0.2) is 0 Å². The lowest BCUT2D eigenvalue weighted by Gasteiger charge is -2.12. The molecule has 0 aliphatic rings. The smallest absolute Gasteiger partial charge is 0.416 e. The van der Waals surface area contributed by atoms with Crippen LogP contribution >= 0.6 is 23.2 Å². The van der Waals surface area contributed by atoms with Crippen molar-refractivity contribution in [2.24, 2.45) is 0 Å². The van der Waals surface area contributed by atoms with Crippen LogP contribution in [0.5, 0.6) is 23.0 Å². The number of ether oxygens (including phenoxy) is 3. The summed E-state index contributed by atoms with van der Waals surface area (Å²) in [4.78, 5) is 46.9. The largest absolute Gasteiger partial charge is 0.456 e. The molecule has 0 heterocycles. The van der Waals surface area contributed by atoms with E-state index in [0.29, 0.717) is 36.4 Å². The van der Waals surface area contributed by atoms with Crippen LogP contribution in [0.2, 0.25) is 10.0 Å². The summed E-state index contributed by atoms with van der Waals surface area (Å²) in [6, 6.07) is 8.90. The molecule has 0 spiro atoms. The van der Waals surface area contributed by atoms with Gasteiger partial charge in [-0.3, -0.25) is 20.2 Å². The highest BCUT2D eigenvalue weighted by molar-refractivity contribution is 6.32. The summed E-state index contributed by atoms with van der Waals surface area (Å²) in [5, 5.41) is 22.1. The lowest BCUT2D eigenvalue weighted by molar-refractivity contribution is -0.385. The number of carbonyl (C=O) groups excluding carboxylic acids is 2. The minimum atomic E-state index is -4.73. The lowest BCUT2D eigenvalue weighted by Crippen LogP contribution is -2.16. The van der Waals surface area contributed by atoms with Crippen LogP contribution in [0.15, 0.2) is 72.8 Å². The third kappa shape index (κ3) is 8.06. The summed E-state index contributed by atoms with van der Waals surface area (Å²) in [5.74, 6) is -4.82. The number of rotatable bonds is 8. The molecule has 47 heavy (non-hydrogen) atoms. The Bertz CT molecular complexity index is 1800. The monoisotopic (exact) mass is 704 g/mol. The maximum Gasteiger partial charge on any atom is 0.416 e. The molecular formula is C28H12Cl2F6N2O9. The van der Waals surface area contributed by atoms with Crippen LogP contribution < -0.4 is 9.47 Å². The zero-order chi connectivity index (χ0) is 34.8. The minimum Gasteiger partial charge on any atom is -0.456 e. The third-order valence-corrected chi connectivity index (χ3v) is 6.52. The average Bonchev–Trinajstić information content (AvgIpc) is 2.97. The van der Waals surface area contributed by atoms with Crippen LogP contribution in [0.1, 0.15) is 31.8 Å². The van der Waals surface area contributed by atoms with E-state index in [4.69, 9.17) is 32.7 Å². The van der Waals surface area contributed by atoms with Crippen molar-refractivity contribution >= 4 is 46.5 Å². The fourth-order valence-electron chi connectivity index (χ4n) is 3.77. The number of benzene rings is 4. The van der Waals surface area contributed by atoms with Gasteiger partial charge in [0, 0.05) is 24.3 Å². The van der Waals surface area contributed by atoms with Crippen molar-refractivity contribution < 1.29 is 60.0 Å². The predicted molar refractivity (Wildman–Crippen MR) is 149 cm³/mol. The number of alkyl halides is 6. The van der Waals surface area contributed by atoms with Crippen LogP contribution in [0, 0.1) is 20.2 Å². The second kappa shape index (κ2) is 13.1. The van der Waals surface area contributed by atoms with Gasteiger partial charge in [0.1, 0.15) is 34.1 Å². The van der Waals surface area contributed by atoms with E-state index in [1.165, 1.54) is 0 Å². The van der Waals surface area contributed by atoms with Gasteiger partial charge in [-0.25, -0.2) is 9.59 Å². The molecular weight excluding hydrogens is 693 g/mol. The highest BCUT2D eigenvalue weighted by Gasteiger charge is 2.33. The van der Waals surface area contributed by atoms with E-state index >= 15 is 0 Å². The van der Waals surface area contributed by atoms with Crippen molar-refractivity contribution in [3.63, 3.8) is 0 Å². The average molecular weight is 705 g/mol. The van der Waals surface area contributed by atoms with E-state index in [9.17, 15) is 56.2 Å². The molecule has 0 bridgehead atoms. The first-order valence-corrected chi connectivity index (χ1v) is 13.0. The number of hydrogen-bond acceptors (Lipinski definition) is 9. The molecule has 19 heteroatoms. The van der Waals surface area contributed by atoms with Crippen LogP contribution in [0.4, 0.5) is 37.7 Å². The van der Waals surface area contributed by atoms with Crippen LogP contribution in [-0.2, 0) is 17.1 Å². The summed E-state index contributed by atoms with van der Waals surface area (Å²) in [5.41, 5.74) is -5.86. The molecule has 0 fully saturated rings. The first kappa shape index (κ1) is 34.5. The van der Waals surface area contributed by atoms with Gasteiger partial charge in [-0.1, -0.05) is 23.2 Å². The summed E-state index contributed by atoms with van der Waals surface area (Å²) in [7, 11) is 0. The summed E-state index contributed by atoms with van der Waals surface area (Å²) >= 11 is 11.7. The molecule has 4 aromatic rings. The molecule has 0 N–H and O–H groups in total. The van der Waals surface area contributed by atoms with E-state index < -0.39 is 77.8 Å². The second-order valence-corrected chi connectivity index (χ2v) is 9.85. The van der Waals surface area contributed by atoms with Crippen molar-refractivity contribution in [3.05, 3.63) is 125 Å². The molecule has 4 aromatic carbocycles. The van der Waals surface area contributed by atoms with Crippen LogP contribution in [0.3, 0.4) is 0 Å². The zero-order valence-corrected chi connectivity index (χ0v) is 24.0. The van der Waals surface area contributed by atoms with Crippen LogP contribution in [-0.4, -0.2) is 21.8 Å². The highest BCUT2D eigenvalue weighted by atomic mass is 35.5. The Morgan fingerprint density at radius 2 is 0.957 bits per heavy atom. The maximum absolute atomic E-state index is 12.9. The molecule has 0 unspecified atom stereocenters. The normalized spacial score (nSPS) is 11.5. The number of nitro benzene ring substituents is 2. The fraction of sp³-hybridized carbons (Fsp3) is 0.0714. The van der Waals surface area contributed by atoms with Crippen molar-refractivity contribution in [1.82, 2.24) is 0 Å². The molecule has 0 aliphatic heterocycles. The van der Waals surface area contributed by atoms with E-state index in [2.05, 4.69) is 4.74 Å². The van der Waals surface area contributed by atoms with Crippen molar-refractivity contribution in [2.45, 2.75) is 12.4 Å². The Balaban J connectivity index is 1.62. The first-order chi connectivity index (χ1) is 21.8. The minimum absolute atomic E-state index is 0.343. The fourth-order valence-corrected chi connectivity index (χ4v) is 4.21. The van der Waals surface area contributed by atoms with Gasteiger partial charge in [0.25, 0.3) is 11.4 Å². The number of carbonyl (C=O) groups is 2. The standard InChI is InChI=1S/C28H12Cl2F6N2O9/c29-19-9-13(27(31,32)33)1-7-23(19)45-15-3-5-21(37(41)42)17(11-15)25(39)47-26(40)18-12-16(4-6-22(18)38(43)44)46-24-8-2-14(10-20(24)30)28(34,35)36/h1-12H. The number of nitro groups is 2. The molecule has 0 aliphatic carbocycles. The van der Waals surface area contributed by atoms with Gasteiger partial charge in [0.05, 0.1) is 31.0 Å². The Kier molecular flexibility index (Phi) is 9.63. The first-order valence-electron chi connectivity index (χ1n) is 12.3. The van der Waals surface area contributed by atoms with E-state index in [0.717, 1.165) is 36.4 Å². The van der Waals surface area contributed by atoms with Crippen molar-refractivity contribution in [3.8, 4) is 23.0 Å². The Hall–Kier alpha value is -5.42. The number of esters is 2. The molecule has 0 atom stereocenters. The van der Waals surface area contributed by atoms with Crippen molar-refractivity contribution in [2.75, 3.05) is 0 Å². The zero-order valence-electron chi connectivity index (χ0n) is 22.5. The molecule has 0 amide bonds. The molecule has 0 aromatic heterocycles. The molecule has 0 radical (unpaired) electrons. The lowest BCUT2D eigenvalue weighted by atomic mass is 10.1. The van der Waals surface area contributed by atoms with Gasteiger partial charge >= 0.3 is 24.3 Å². The Morgan fingerprint density at radius 1 is 0.596 bits per heavy atom. The summed E-state index contributed by atoms with van der Waals surface area (Å²) < 4.78 is 93.0. The van der Waals surface area contributed by atoms with Crippen molar-refractivity contribution in [1.29, 1.82) is 0 Å². The molecule has 244 valence electrons. The van der Waals surface area contributed by atoms with E-state index in [-0.39, 0.29) is 23.0 Å². The van der Waals surface area contributed by atoms with E-state index in [1.54, 1.807) is 0 Å². The predicted octanol–water partition coefficient (Wildman–Crippen LogP) is 9.43. The quantitative estimate of drug-likeness (QED) is 0.0575. The molecule has 0 saturated heterocycles. The number of hydrogen-bond donors (Lipinski definition) is 0. The van der Waals surface area contributed by atoms with Gasteiger partial charge in [-0.2, -0.15) is 26.3 Å². The van der Waals surface area contributed by atoms with Gasteiger partial charge < -0.3 is 14.2 Å². The number of nitrogens with zero attached hydrogens (tertiary/aromatic N) is 2. The molecule has 11 nitrogen and oxygen atoms in total. The SMILES string of the molecule is O=C(OC(=O)c1cc(Oc2ccc(C(F)(F)F)cc2Cl)ccc1[N+](=O)[O-])c1cc(Oc2ccc(C(F)(F)F)cc2Cl)ccc1[N+](=O)[O-]. The molecule has 4 rings (SSSR count). The van der Waals surface area contributed by atoms with E-state index in [1.807, 2.05) is 0 Å². The van der Waals surface area contributed by atoms with Gasteiger partial charge in [-0.15, -0.1) is 0 Å². The summed E-state index contributed by atoms with van der Waals surface area (Å²) in [6.07, 6.45) is -9.45. The summed E-state index contributed by atoms with van der Waals surface area (Å²) in [6.45, 7) is 0. The Labute approximate surface area is 267 Å². The van der Waals surface area contributed by atoms with Gasteiger partial charge in [-0.05, 0) is 48.5 Å². The third-order valence-electron chi connectivity index (χ3n) is 5.93. The maximum atomic E-state index is 12.9. The highest BCUT2D eigenvalue weighted by Crippen LogP contribution is 2.39.